The molecule has 0 heterocycles. The Kier molecular flexibility index (Phi) is 10.2. The molecule has 1 aliphatic carbocycles. The Hall–Kier alpha value is -3.55. The first-order valence-corrected chi connectivity index (χ1v) is 14.2. The second-order valence-corrected chi connectivity index (χ2v) is 11.8. The molecule has 1 fully saturated rings. The van der Waals surface area contributed by atoms with Crippen molar-refractivity contribution in [3.05, 3.63) is 59.7 Å². The van der Waals surface area contributed by atoms with Gasteiger partial charge in [0.2, 0.25) is 5.91 Å². The molecule has 2 aromatic rings. The second-order valence-electron chi connectivity index (χ2n) is 11.8. The van der Waals surface area contributed by atoms with Crippen LogP contribution in [0, 0.1) is 11.8 Å². The molecule has 0 aromatic heterocycles. The van der Waals surface area contributed by atoms with Gasteiger partial charge >= 0.3 is 6.09 Å². The minimum atomic E-state index is -0.887. The van der Waals surface area contributed by atoms with E-state index in [4.69, 9.17) is 9.47 Å². The lowest BCUT2D eigenvalue weighted by Gasteiger charge is -2.36. The van der Waals surface area contributed by atoms with Crippen LogP contribution in [-0.2, 0) is 20.7 Å². The van der Waals surface area contributed by atoms with Gasteiger partial charge < -0.3 is 25.0 Å². The summed E-state index contributed by atoms with van der Waals surface area (Å²) in [5.41, 5.74) is 1.75. The molecule has 40 heavy (non-hydrogen) atoms. The van der Waals surface area contributed by atoms with Crippen molar-refractivity contribution < 1.29 is 23.9 Å². The SMILES string of the molecule is CCc1ccc(C(C(=O)Nc2ccc(OC)cc2)N(C(=O)C(NC(=O)OC(C)(C)C)C(C)CC)C2CC2C)cc1. The smallest absolute Gasteiger partial charge is 0.408 e. The van der Waals surface area contributed by atoms with E-state index in [1.807, 2.05) is 38.1 Å². The maximum atomic E-state index is 14.4. The number of hydrogen-bond acceptors (Lipinski definition) is 5. The lowest BCUT2D eigenvalue weighted by atomic mass is 9.95. The molecule has 0 radical (unpaired) electrons. The highest BCUT2D eigenvalue weighted by Gasteiger charge is 2.48. The minimum Gasteiger partial charge on any atom is -0.497 e. The van der Waals surface area contributed by atoms with E-state index in [0.29, 0.717) is 17.9 Å². The molecule has 3 rings (SSSR count). The fraction of sp³-hybridized carbons (Fsp3) is 0.531. The van der Waals surface area contributed by atoms with E-state index in [1.165, 1.54) is 0 Å². The van der Waals surface area contributed by atoms with E-state index < -0.39 is 23.8 Å². The van der Waals surface area contributed by atoms with E-state index in [2.05, 4.69) is 24.5 Å². The van der Waals surface area contributed by atoms with Crippen molar-refractivity contribution in [3.63, 3.8) is 0 Å². The van der Waals surface area contributed by atoms with Gasteiger partial charge in [0.25, 0.3) is 5.91 Å². The zero-order valence-corrected chi connectivity index (χ0v) is 25.1. The van der Waals surface area contributed by atoms with Crippen LogP contribution in [0.5, 0.6) is 5.75 Å². The molecule has 2 N–H and O–H groups in total. The molecular weight excluding hydrogens is 506 g/mol. The number of benzene rings is 2. The lowest BCUT2D eigenvalue weighted by Crippen LogP contribution is -2.55. The van der Waals surface area contributed by atoms with Crippen LogP contribution in [0.2, 0.25) is 0 Å². The third-order valence-corrected chi connectivity index (χ3v) is 7.42. The Bertz CT molecular complexity index is 1160. The topological polar surface area (TPSA) is 97.0 Å². The van der Waals surface area contributed by atoms with Crippen LogP contribution < -0.4 is 15.4 Å². The summed E-state index contributed by atoms with van der Waals surface area (Å²) in [4.78, 5) is 42.9. The number of carbonyl (C=O) groups excluding carboxylic acids is 3. The number of nitrogens with zero attached hydrogens (tertiary/aromatic N) is 1. The normalized spacial score (nSPS) is 18.6. The van der Waals surface area contributed by atoms with E-state index in [9.17, 15) is 14.4 Å². The molecule has 1 aliphatic rings. The number of ether oxygens (including phenoxy) is 2. The first-order valence-electron chi connectivity index (χ1n) is 14.2. The van der Waals surface area contributed by atoms with Gasteiger partial charge in [-0.25, -0.2) is 4.79 Å². The first kappa shape index (κ1) is 31.0. The average molecular weight is 552 g/mol. The predicted octanol–water partition coefficient (Wildman–Crippen LogP) is 6.11. The van der Waals surface area contributed by atoms with E-state index >= 15 is 0 Å². The number of methoxy groups -OCH3 is 1. The number of anilines is 1. The van der Waals surface area contributed by atoms with Crippen LogP contribution in [0.4, 0.5) is 10.5 Å². The van der Waals surface area contributed by atoms with Crippen LogP contribution in [0.25, 0.3) is 0 Å². The molecule has 2 aromatic carbocycles. The summed E-state index contributed by atoms with van der Waals surface area (Å²) in [5.74, 6) is 0.127. The highest BCUT2D eigenvalue weighted by atomic mass is 16.6. The Morgan fingerprint density at radius 1 is 1.02 bits per heavy atom. The van der Waals surface area contributed by atoms with E-state index in [-0.39, 0.29) is 29.7 Å². The first-order chi connectivity index (χ1) is 18.9. The van der Waals surface area contributed by atoms with Gasteiger partial charge in [-0.2, -0.15) is 0 Å². The van der Waals surface area contributed by atoms with Gasteiger partial charge in [-0.3, -0.25) is 9.59 Å². The van der Waals surface area contributed by atoms with Crippen molar-refractivity contribution in [3.8, 4) is 5.75 Å². The summed E-state index contributed by atoms with van der Waals surface area (Å²) < 4.78 is 10.7. The molecule has 1 saturated carbocycles. The van der Waals surface area contributed by atoms with E-state index in [1.54, 1.807) is 57.0 Å². The zero-order valence-electron chi connectivity index (χ0n) is 25.1. The van der Waals surface area contributed by atoms with Crippen molar-refractivity contribution in [1.29, 1.82) is 0 Å². The summed E-state index contributed by atoms with van der Waals surface area (Å²) >= 11 is 0. The zero-order chi connectivity index (χ0) is 29.6. The van der Waals surface area contributed by atoms with Crippen LogP contribution in [0.3, 0.4) is 0 Å². The highest BCUT2D eigenvalue weighted by molar-refractivity contribution is 5.99. The van der Waals surface area contributed by atoms with Gasteiger partial charge in [0.05, 0.1) is 7.11 Å². The second kappa shape index (κ2) is 13.2. The lowest BCUT2D eigenvalue weighted by molar-refractivity contribution is -0.142. The summed E-state index contributed by atoms with van der Waals surface area (Å²) in [5, 5.41) is 5.84. The molecule has 5 unspecified atom stereocenters. The fourth-order valence-electron chi connectivity index (χ4n) is 4.71. The molecule has 5 atom stereocenters. The number of amides is 3. The van der Waals surface area contributed by atoms with Gasteiger partial charge in [-0.1, -0.05) is 58.4 Å². The number of rotatable bonds is 11. The van der Waals surface area contributed by atoms with Crippen molar-refractivity contribution in [2.75, 3.05) is 12.4 Å². The Morgan fingerprint density at radius 2 is 1.62 bits per heavy atom. The summed E-state index contributed by atoms with van der Waals surface area (Å²) in [6, 6.07) is 13.1. The molecule has 0 aliphatic heterocycles. The maximum Gasteiger partial charge on any atom is 0.408 e. The molecular formula is C32H45N3O5. The number of aryl methyl sites for hydroxylation is 1. The molecule has 0 bridgehead atoms. The molecule has 8 heteroatoms. The van der Waals surface area contributed by atoms with Gasteiger partial charge in [-0.05, 0) is 80.8 Å². The number of carbonyl (C=O) groups is 3. The number of nitrogens with one attached hydrogen (secondary N) is 2. The van der Waals surface area contributed by atoms with Crippen molar-refractivity contribution in [1.82, 2.24) is 10.2 Å². The Labute approximate surface area is 238 Å². The molecule has 0 spiro atoms. The largest absolute Gasteiger partial charge is 0.497 e. The van der Waals surface area contributed by atoms with Gasteiger partial charge in [0.15, 0.2) is 0 Å². The third kappa shape index (κ3) is 7.99. The van der Waals surface area contributed by atoms with Crippen molar-refractivity contribution in [2.45, 2.75) is 91.5 Å². The minimum absolute atomic E-state index is 0.128. The molecule has 0 saturated heterocycles. The van der Waals surface area contributed by atoms with Crippen LogP contribution in [0.1, 0.15) is 78.5 Å². The van der Waals surface area contributed by atoms with Gasteiger partial charge in [0, 0.05) is 11.7 Å². The standard InChI is InChI=1S/C32H45N3O5/c1-9-20(3)27(34-31(38)40-32(5,6)7)30(37)35(26-19-21(26)4)28(23-13-11-22(10-2)12-14-23)29(36)33-24-15-17-25(39-8)18-16-24/h11-18,20-21,26-28H,9-10,19H2,1-8H3,(H,33,36)(H,34,38). The fourth-order valence-corrected chi connectivity index (χ4v) is 4.71. The predicted molar refractivity (Wildman–Crippen MR) is 157 cm³/mol. The summed E-state index contributed by atoms with van der Waals surface area (Å²) in [7, 11) is 1.59. The third-order valence-electron chi connectivity index (χ3n) is 7.42. The molecule has 218 valence electrons. The average Bonchev–Trinajstić information content (AvgIpc) is 3.64. The van der Waals surface area contributed by atoms with Crippen LogP contribution >= 0.6 is 0 Å². The van der Waals surface area contributed by atoms with Gasteiger partial charge in [-0.15, -0.1) is 0 Å². The van der Waals surface area contributed by atoms with Crippen LogP contribution in [-0.4, -0.2) is 47.6 Å². The summed E-state index contributed by atoms with van der Waals surface area (Å²) in [6.07, 6.45) is 1.65. The van der Waals surface area contributed by atoms with E-state index in [0.717, 1.165) is 24.0 Å². The molecule has 3 amide bonds. The summed E-state index contributed by atoms with van der Waals surface area (Å²) in [6.45, 7) is 13.4. The highest BCUT2D eigenvalue weighted by Crippen LogP contribution is 2.41. The van der Waals surface area contributed by atoms with Crippen molar-refractivity contribution >= 4 is 23.6 Å². The Morgan fingerprint density at radius 3 is 2.10 bits per heavy atom. The molecule has 8 nitrogen and oxygen atoms in total. The number of alkyl carbamates (subject to hydrolysis) is 1. The maximum absolute atomic E-state index is 14.4. The van der Waals surface area contributed by atoms with Gasteiger partial charge in [0.1, 0.15) is 23.4 Å². The Balaban J connectivity index is 2.03. The van der Waals surface area contributed by atoms with Crippen LogP contribution in [0.15, 0.2) is 48.5 Å². The number of hydrogen-bond donors (Lipinski definition) is 2. The monoisotopic (exact) mass is 551 g/mol. The van der Waals surface area contributed by atoms with Crippen molar-refractivity contribution in [2.24, 2.45) is 11.8 Å². The quantitative estimate of drug-likeness (QED) is 0.351.